The van der Waals surface area contributed by atoms with Gasteiger partial charge >= 0.3 is 5.97 Å². The highest BCUT2D eigenvalue weighted by Crippen LogP contribution is 2.40. The van der Waals surface area contributed by atoms with Crippen LogP contribution in [0, 0.1) is 0 Å². The molecule has 2 aliphatic heterocycles. The lowest BCUT2D eigenvalue weighted by Crippen LogP contribution is -3.00. The molecular weight excluding hydrogens is 408 g/mol. The number of thioether (sulfide) groups is 1. The summed E-state index contributed by atoms with van der Waals surface area (Å²) < 4.78 is 5.96. The smallest absolute Gasteiger partial charge is 0.356 e. The quantitative estimate of drug-likeness (QED) is 0.504. The van der Waals surface area contributed by atoms with E-state index in [0.29, 0.717) is 17.0 Å². The molecule has 29 heavy (non-hydrogen) atoms. The summed E-state index contributed by atoms with van der Waals surface area (Å²) in [5.41, 5.74) is 6.64. The van der Waals surface area contributed by atoms with Crippen molar-refractivity contribution in [3.8, 4) is 0 Å². The van der Waals surface area contributed by atoms with Crippen molar-refractivity contribution < 1.29 is 32.5 Å². The van der Waals surface area contributed by atoms with E-state index in [1.54, 1.807) is 17.8 Å². The van der Waals surface area contributed by atoms with E-state index in [2.05, 4.69) is 12.3 Å². The maximum atomic E-state index is 13.2. The third-order valence-corrected chi connectivity index (χ3v) is 6.34. The zero-order valence-corrected chi connectivity index (χ0v) is 17.2. The number of ether oxygens (including phenoxy) is 1. The van der Waals surface area contributed by atoms with E-state index >= 15 is 0 Å². The Hall–Kier alpha value is -2.54. The number of nitrogens with zero attached hydrogens (tertiary/aromatic N) is 1. The van der Waals surface area contributed by atoms with Crippen molar-refractivity contribution in [1.82, 2.24) is 4.90 Å². The van der Waals surface area contributed by atoms with E-state index in [-0.39, 0.29) is 29.7 Å². The normalized spacial score (nSPS) is 20.5. The van der Waals surface area contributed by atoms with Crippen LogP contribution < -0.4 is 18.1 Å². The maximum Gasteiger partial charge on any atom is 0.356 e. The molecular formula is C22H21ClN2O3S. The van der Waals surface area contributed by atoms with Gasteiger partial charge < -0.3 is 22.9 Å². The Morgan fingerprint density at radius 2 is 1.69 bits per heavy atom. The van der Waals surface area contributed by atoms with Crippen molar-refractivity contribution in [1.29, 1.82) is 0 Å². The first kappa shape index (κ1) is 21.2. The fourth-order valence-electron chi connectivity index (χ4n) is 3.48. The number of benzene rings is 2. The number of esters is 1. The van der Waals surface area contributed by atoms with E-state index in [9.17, 15) is 9.59 Å². The maximum absolute atomic E-state index is 13.2. The number of β-lactam (4-membered cyclic amide) rings is 1. The molecule has 0 radical (unpaired) electrons. The molecule has 0 aromatic heterocycles. The average molecular weight is 429 g/mol. The van der Waals surface area contributed by atoms with Crippen LogP contribution in [-0.4, -0.2) is 33.9 Å². The van der Waals surface area contributed by atoms with Gasteiger partial charge in [0.2, 0.25) is 0 Å². The van der Waals surface area contributed by atoms with Crippen molar-refractivity contribution in [2.24, 2.45) is 0 Å². The van der Waals surface area contributed by atoms with Crippen molar-refractivity contribution in [3.63, 3.8) is 0 Å². The van der Waals surface area contributed by atoms with Gasteiger partial charge in [0.15, 0.2) is 12.1 Å². The number of fused-ring (bicyclic) bond motifs is 1. The van der Waals surface area contributed by atoms with Crippen LogP contribution in [0.3, 0.4) is 0 Å². The molecule has 0 unspecified atom stereocenters. The minimum Gasteiger partial charge on any atom is -1.00 e. The monoisotopic (exact) mass is 428 g/mol. The second kappa shape index (κ2) is 8.86. The van der Waals surface area contributed by atoms with Gasteiger partial charge in [0, 0.05) is 5.75 Å². The van der Waals surface area contributed by atoms with Gasteiger partial charge in [0.05, 0.1) is 0 Å². The van der Waals surface area contributed by atoms with E-state index in [4.69, 9.17) is 4.74 Å². The molecule has 1 amide bonds. The first-order valence-corrected chi connectivity index (χ1v) is 10.1. The predicted octanol–water partition coefficient (Wildman–Crippen LogP) is -0.711. The second-order valence-corrected chi connectivity index (χ2v) is 7.81. The van der Waals surface area contributed by atoms with E-state index < -0.39 is 12.1 Å². The van der Waals surface area contributed by atoms with Gasteiger partial charge in [-0.15, -0.1) is 11.8 Å². The Morgan fingerprint density at radius 1 is 1.14 bits per heavy atom. The molecule has 4 rings (SSSR count). The lowest BCUT2D eigenvalue weighted by molar-refractivity contribution is -0.423. The molecule has 0 bridgehead atoms. The molecule has 1 saturated heterocycles. The number of hydrogen-bond acceptors (Lipinski definition) is 4. The van der Waals surface area contributed by atoms with Gasteiger partial charge in [-0.3, -0.25) is 9.69 Å². The second-order valence-electron chi connectivity index (χ2n) is 6.70. The molecule has 2 aromatic rings. The van der Waals surface area contributed by atoms with Gasteiger partial charge in [0.25, 0.3) is 5.91 Å². The van der Waals surface area contributed by atoms with Crippen LogP contribution >= 0.6 is 11.8 Å². The Kier molecular flexibility index (Phi) is 6.47. The standard InChI is InChI=1S/C22H20N2O3S.ClH/c1-2-14-13-28-21-17(23)20(25)24(21)18(14)22(26)27-19(15-9-5-3-6-10-15)16-11-7-4-8-12-16;/h2-12,17,19,21H,1,13,23H2;1H/t17-,21-;/m1./s1. The number of carbonyl (C=O) groups excluding carboxylic acids is 2. The van der Waals surface area contributed by atoms with Gasteiger partial charge in [-0.25, -0.2) is 4.79 Å². The lowest BCUT2D eigenvalue weighted by Gasteiger charge is -2.45. The van der Waals surface area contributed by atoms with Crippen LogP contribution in [0.4, 0.5) is 0 Å². The molecule has 5 nitrogen and oxygen atoms in total. The molecule has 0 aliphatic carbocycles. The topological polar surface area (TPSA) is 74.2 Å². The molecule has 2 heterocycles. The fraction of sp³-hybridized carbons (Fsp3) is 0.182. The van der Waals surface area contributed by atoms with Crippen LogP contribution in [0.25, 0.3) is 0 Å². The Morgan fingerprint density at radius 3 is 2.21 bits per heavy atom. The minimum absolute atomic E-state index is 0. The van der Waals surface area contributed by atoms with Crippen molar-refractivity contribution in [3.05, 3.63) is 95.7 Å². The highest BCUT2D eigenvalue weighted by molar-refractivity contribution is 8.00. The van der Waals surface area contributed by atoms with Crippen LogP contribution in [0.5, 0.6) is 0 Å². The van der Waals surface area contributed by atoms with Crippen LogP contribution in [0.2, 0.25) is 0 Å². The Labute approximate surface area is 180 Å². The molecule has 0 spiro atoms. The average Bonchev–Trinajstić information content (AvgIpc) is 2.76. The third kappa shape index (κ3) is 3.83. The fourth-order valence-corrected chi connectivity index (χ4v) is 4.79. The zero-order chi connectivity index (χ0) is 19.7. The summed E-state index contributed by atoms with van der Waals surface area (Å²) in [6.45, 7) is 3.81. The molecule has 150 valence electrons. The summed E-state index contributed by atoms with van der Waals surface area (Å²) in [7, 11) is 0. The van der Waals surface area contributed by atoms with E-state index in [0.717, 1.165) is 11.1 Å². The van der Waals surface area contributed by atoms with Crippen LogP contribution in [-0.2, 0) is 14.3 Å². The summed E-state index contributed by atoms with van der Waals surface area (Å²) in [5.74, 6) is -0.0620. The summed E-state index contributed by atoms with van der Waals surface area (Å²) >= 11 is 1.60. The van der Waals surface area contributed by atoms with Gasteiger partial charge in [0.1, 0.15) is 11.1 Å². The van der Waals surface area contributed by atoms with Gasteiger partial charge in [-0.2, -0.15) is 0 Å². The van der Waals surface area contributed by atoms with Crippen molar-refractivity contribution in [2.75, 3.05) is 5.75 Å². The Balaban J connectivity index is 0.00000240. The van der Waals surface area contributed by atoms with Crippen LogP contribution in [0.1, 0.15) is 17.2 Å². The molecule has 7 heteroatoms. The summed E-state index contributed by atoms with van der Waals surface area (Å²) in [6.07, 6.45) is 1.07. The molecule has 2 atom stereocenters. The number of hydrogen-bond donors (Lipinski definition) is 1. The number of amides is 1. The highest BCUT2D eigenvalue weighted by atomic mass is 35.5. The number of allylic oxidation sites excluding steroid dienone is 1. The van der Waals surface area contributed by atoms with Crippen LogP contribution in [0.15, 0.2) is 84.6 Å². The number of carbonyl (C=O) groups is 2. The van der Waals surface area contributed by atoms with Crippen molar-refractivity contribution >= 4 is 23.6 Å². The molecule has 1 fully saturated rings. The minimum atomic E-state index is -0.562. The Bertz CT molecular complexity index is 910. The van der Waals surface area contributed by atoms with E-state index in [1.807, 2.05) is 60.7 Å². The first-order valence-electron chi connectivity index (χ1n) is 9.06. The summed E-state index contributed by atoms with van der Waals surface area (Å²) in [4.78, 5) is 27.1. The predicted molar refractivity (Wildman–Crippen MR) is 108 cm³/mol. The summed E-state index contributed by atoms with van der Waals surface area (Å²) in [5, 5.41) is -0.120. The molecule has 3 N–H and O–H groups in total. The van der Waals surface area contributed by atoms with E-state index in [1.165, 1.54) is 4.90 Å². The van der Waals surface area contributed by atoms with Gasteiger partial charge in [-0.05, 0) is 16.7 Å². The SMILES string of the molecule is C=CC1=C(C(=O)OC(c2ccccc2)c2ccccc2)N2C(=O)[C@@H]([NH3+])[C@H]2SC1.[Cl-]. The lowest BCUT2D eigenvalue weighted by atomic mass is 10.0. The number of halogens is 1. The number of quaternary nitrogens is 1. The van der Waals surface area contributed by atoms with Gasteiger partial charge in [-0.1, -0.05) is 73.3 Å². The third-order valence-electron chi connectivity index (χ3n) is 4.98. The number of rotatable bonds is 5. The summed E-state index contributed by atoms with van der Waals surface area (Å²) in [6, 6.07) is 18.8. The molecule has 2 aliphatic rings. The first-order chi connectivity index (χ1) is 13.6. The highest BCUT2D eigenvalue weighted by Gasteiger charge is 2.54. The van der Waals surface area contributed by atoms with Crippen molar-refractivity contribution in [2.45, 2.75) is 17.5 Å². The molecule has 0 saturated carbocycles. The molecule has 2 aromatic carbocycles. The zero-order valence-electron chi connectivity index (χ0n) is 15.7. The largest absolute Gasteiger partial charge is 1.00 e.